The standard InChI is InChI=1S/C20H23N3O3/c1-15-4-3-5-16(10-15)13-21-14-17-11-18(23-6-8-26-9-7-23)12-19(22-17)20(24)25-2/h3-5,10-13H,6-9,14H2,1-2H3. The number of methoxy groups -OCH3 is 1. The number of esters is 1. The highest BCUT2D eigenvalue weighted by molar-refractivity contribution is 5.88. The second kappa shape index (κ2) is 8.58. The van der Waals surface area contributed by atoms with E-state index in [9.17, 15) is 4.79 Å². The first-order valence-corrected chi connectivity index (χ1v) is 8.64. The lowest BCUT2D eigenvalue weighted by Gasteiger charge is -2.29. The molecule has 6 heteroatoms. The van der Waals surface area contributed by atoms with Gasteiger partial charge in [-0.2, -0.15) is 0 Å². The molecular formula is C20H23N3O3. The second-order valence-electron chi connectivity index (χ2n) is 6.18. The first kappa shape index (κ1) is 18.1. The van der Waals surface area contributed by atoms with Gasteiger partial charge < -0.3 is 14.4 Å². The molecular weight excluding hydrogens is 330 g/mol. The average molecular weight is 353 g/mol. The number of rotatable bonds is 5. The number of aryl methyl sites for hydroxylation is 1. The van der Waals surface area contributed by atoms with Crippen LogP contribution in [0.1, 0.15) is 27.3 Å². The van der Waals surface area contributed by atoms with E-state index < -0.39 is 5.97 Å². The molecule has 1 aliphatic rings. The fourth-order valence-electron chi connectivity index (χ4n) is 2.86. The third-order valence-corrected chi connectivity index (χ3v) is 4.17. The van der Waals surface area contributed by atoms with Gasteiger partial charge in [-0.1, -0.05) is 29.8 Å². The zero-order chi connectivity index (χ0) is 18.4. The predicted octanol–water partition coefficient (Wildman–Crippen LogP) is 2.63. The number of carbonyl (C=O) groups is 1. The summed E-state index contributed by atoms with van der Waals surface area (Å²) in [6.45, 7) is 5.38. The largest absolute Gasteiger partial charge is 0.464 e. The molecule has 1 aliphatic heterocycles. The van der Waals surface area contributed by atoms with E-state index in [-0.39, 0.29) is 0 Å². The monoisotopic (exact) mass is 353 g/mol. The Hall–Kier alpha value is -2.73. The van der Waals surface area contributed by atoms with Crippen molar-refractivity contribution >= 4 is 17.9 Å². The van der Waals surface area contributed by atoms with Gasteiger partial charge in [0.1, 0.15) is 0 Å². The molecule has 0 aliphatic carbocycles. The molecule has 0 bridgehead atoms. The number of ether oxygens (including phenoxy) is 2. The summed E-state index contributed by atoms with van der Waals surface area (Å²) in [5.41, 5.74) is 4.22. The topological polar surface area (TPSA) is 64.0 Å². The molecule has 0 spiro atoms. The SMILES string of the molecule is COC(=O)c1cc(N2CCOCC2)cc(CN=Cc2cccc(C)c2)n1. The van der Waals surface area contributed by atoms with Gasteiger partial charge in [-0.15, -0.1) is 0 Å². The minimum absolute atomic E-state index is 0.303. The van der Waals surface area contributed by atoms with Gasteiger partial charge in [0.25, 0.3) is 0 Å². The number of aliphatic imine (C=N–C) groups is 1. The van der Waals surface area contributed by atoms with E-state index in [0.717, 1.165) is 30.0 Å². The Morgan fingerprint density at radius 2 is 2.12 bits per heavy atom. The number of morpholine rings is 1. The van der Waals surface area contributed by atoms with Gasteiger partial charge in [-0.25, -0.2) is 9.78 Å². The van der Waals surface area contributed by atoms with Gasteiger partial charge in [0.2, 0.25) is 0 Å². The van der Waals surface area contributed by atoms with E-state index in [0.29, 0.717) is 25.5 Å². The van der Waals surface area contributed by atoms with Crippen LogP contribution in [0.15, 0.2) is 41.4 Å². The molecule has 0 unspecified atom stereocenters. The zero-order valence-electron chi connectivity index (χ0n) is 15.1. The molecule has 0 N–H and O–H groups in total. The van der Waals surface area contributed by atoms with Crippen molar-refractivity contribution in [1.29, 1.82) is 0 Å². The number of nitrogens with zero attached hydrogens (tertiary/aromatic N) is 3. The highest BCUT2D eigenvalue weighted by Crippen LogP contribution is 2.19. The van der Waals surface area contributed by atoms with Crippen LogP contribution in [0.2, 0.25) is 0 Å². The van der Waals surface area contributed by atoms with Crippen molar-refractivity contribution in [2.75, 3.05) is 38.3 Å². The van der Waals surface area contributed by atoms with Crippen LogP contribution >= 0.6 is 0 Å². The number of hydrogen-bond acceptors (Lipinski definition) is 6. The minimum Gasteiger partial charge on any atom is -0.464 e. The van der Waals surface area contributed by atoms with Crippen molar-refractivity contribution < 1.29 is 14.3 Å². The lowest BCUT2D eigenvalue weighted by molar-refractivity contribution is 0.0593. The molecule has 6 nitrogen and oxygen atoms in total. The molecule has 0 saturated carbocycles. The number of pyridine rings is 1. The van der Waals surface area contributed by atoms with E-state index in [2.05, 4.69) is 20.9 Å². The summed E-state index contributed by atoms with van der Waals surface area (Å²) in [4.78, 5) is 23.0. The Morgan fingerprint density at radius 3 is 2.85 bits per heavy atom. The lowest BCUT2D eigenvalue weighted by Crippen LogP contribution is -2.36. The van der Waals surface area contributed by atoms with E-state index in [1.807, 2.05) is 37.4 Å². The van der Waals surface area contributed by atoms with E-state index >= 15 is 0 Å². The van der Waals surface area contributed by atoms with Crippen molar-refractivity contribution in [2.45, 2.75) is 13.5 Å². The fourth-order valence-corrected chi connectivity index (χ4v) is 2.86. The van der Waals surface area contributed by atoms with Crippen molar-refractivity contribution in [3.8, 4) is 0 Å². The third-order valence-electron chi connectivity index (χ3n) is 4.17. The highest BCUT2D eigenvalue weighted by Gasteiger charge is 2.16. The van der Waals surface area contributed by atoms with Crippen molar-refractivity contribution in [2.24, 2.45) is 4.99 Å². The molecule has 3 rings (SSSR count). The predicted molar refractivity (Wildman–Crippen MR) is 101 cm³/mol. The van der Waals surface area contributed by atoms with Crippen LogP contribution in [-0.2, 0) is 16.0 Å². The summed E-state index contributed by atoms with van der Waals surface area (Å²) in [7, 11) is 1.36. The smallest absolute Gasteiger partial charge is 0.356 e. The first-order valence-electron chi connectivity index (χ1n) is 8.64. The van der Waals surface area contributed by atoms with Crippen molar-refractivity contribution in [1.82, 2.24) is 4.98 Å². The molecule has 1 fully saturated rings. The Labute approximate surface area is 153 Å². The van der Waals surface area contributed by atoms with Crippen LogP contribution in [0.3, 0.4) is 0 Å². The van der Waals surface area contributed by atoms with Gasteiger partial charge in [-0.3, -0.25) is 4.99 Å². The van der Waals surface area contributed by atoms with E-state index in [1.165, 1.54) is 12.7 Å². The van der Waals surface area contributed by atoms with E-state index in [4.69, 9.17) is 9.47 Å². The van der Waals surface area contributed by atoms with Gasteiger partial charge >= 0.3 is 5.97 Å². The number of hydrogen-bond donors (Lipinski definition) is 0. The normalized spacial score (nSPS) is 14.6. The van der Waals surface area contributed by atoms with Crippen LogP contribution in [0.25, 0.3) is 0 Å². The number of aromatic nitrogens is 1. The summed E-state index contributed by atoms with van der Waals surface area (Å²) in [6, 6.07) is 11.9. The third kappa shape index (κ3) is 4.67. The van der Waals surface area contributed by atoms with Crippen LogP contribution in [-0.4, -0.2) is 50.6 Å². The van der Waals surface area contributed by atoms with Crippen LogP contribution in [0, 0.1) is 6.92 Å². The Bertz CT molecular complexity index is 799. The van der Waals surface area contributed by atoms with Gasteiger partial charge in [0.05, 0.1) is 32.6 Å². The summed E-state index contributed by atoms with van der Waals surface area (Å²) in [6.07, 6.45) is 1.83. The molecule has 0 atom stereocenters. The lowest BCUT2D eigenvalue weighted by atomic mass is 10.1. The highest BCUT2D eigenvalue weighted by atomic mass is 16.5. The molecule has 1 aromatic carbocycles. The summed E-state index contributed by atoms with van der Waals surface area (Å²) < 4.78 is 10.2. The molecule has 0 radical (unpaired) electrons. The summed E-state index contributed by atoms with van der Waals surface area (Å²) in [5.74, 6) is -0.441. The van der Waals surface area contributed by atoms with Crippen LogP contribution in [0.5, 0.6) is 0 Å². The van der Waals surface area contributed by atoms with E-state index in [1.54, 1.807) is 6.07 Å². The molecule has 0 amide bonds. The Morgan fingerprint density at radius 1 is 1.31 bits per heavy atom. The molecule has 1 saturated heterocycles. The van der Waals surface area contributed by atoms with Crippen molar-refractivity contribution in [3.05, 3.63) is 58.9 Å². The molecule has 1 aromatic heterocycles. The van der Waals surface area contributed by atoms with Crippen LogP contribution in [0.4, 0.5) is 5.69 Å². The minimum atomic E-state index is -0.441. The molecule has 136 valence electrons. The summed E-state index contributed by atoms with van der Waals surface area (Å²) in [5, 5.41) is 0. The summed E-state index contributed by atoms with van der Waals surface area (Å²) >= 11 is 0. The first-order chi connectivity index (χ1) is 12.7. The van der Waals surface area contributed by atoms with Gasteiger partial charge in [0.15, 0.2) is 5.69 Å². The van der Waals surface area contributed by atoms with Crippen molar-refractivity contribution in [3.63, 3.8) is 0 Å². The Kier molecular flexibility index (Phi) is 5.96. The molecule has 26 heavy (non-hydrogen) atoms. The molecule has 2 aromatic rings. The van der Waals surface area contributed by atoms with Gasteiger partial charge in [0, 0.05) is 25.0 Å². The van der Waals surface area contributed by atoms with Gasteiger partial charge in [-0.05, 0) is 24.6 Å². The number of benzene rings is 1. The maximum Gasteiger partial charge on any atom is 0.356 e. The fraction of sp³-hybridized carbons (Fsp3) is 0.350. The van der Waals surface area contributed by atoms with Crippen LogP contribution < -0.4 is 4.90 Å². The zero-order valence-corrected chi connectivity index (χ0v) is 15.1. The molecule has 2 heterocycles. The Balaban J connectivity index is 1.81. The maximum absolute atomic E-state index is 12.0. The average Bonchev–Trinajstić information content (AvgIpc) is 2.68. The maximum atomic E-state index is 12.0. The quantitative estimate of drug-likeness (QED) is 0.611. The number of carbonyl (C=O) groups excluding carboxylic acids is 1. The number of anilines is 1. The second-order valence-corrected chi connectivity index (χ2v) is 6.18.